The van der Waals surface area contributed by atoms with Crippen molar-refractivity contribution in [3.63, 3.8) is 0 Å². The topological polar surface area (TPSA) is 123 Å². The van der Waals surface area contributed by atoms with Crippen LogP contribution in [-0.2, 0) is 6.54 Å². The van der Waals surface area contributed by atoms with Crippen molar-refractivity contribution in [1.82, 2.24) is 15.0 Å². The molecule has 4 rings (SSSR count). The lowest BCUT2D eigenvalue weighted by atomic mass is 10.1. The molecule has 2 heterocycles. The molecule has 2 aromatic carbocycles. The number of pyridine rings is 1. The summed E-state index contributed by atoms with van der Waals surface area (Å²) >= 11 is 0. The maximum atomic E-state index is 12.6. The van der Waals surface area contributed by atoms with E-state index in [1.165, 1.54) is 0 Å². The fraction of sp³-hybridized carbons (Fsp3) is 0.0435. The highest BCUT2D eigenvalue weighted by Crippen LogP contribution is 2.28. The zero-order valence-corrected chi connectivity index (χ0v) is 16.6. The third kappa shape index (κ3) is 4.59. The second kappa shape index (κ2) is 8.91. The molecule has 0 aliphatic heterocycles. The van der Waals surface area contributed by atoms with Crippen molar-refractivity contribution < 1.29 is 4.79 Å². The third-order valence-electron chi connectivity index (χ3n) is 4.68. The van der Waals surface area contributed by atoms with Gasteiger partial charge in [-0.25, -0.2) is 9.97 Å². The van der Waals surface area contributed by atoms with E-state index in [0.29, 0.717) is 40.8 Å². The van der Waals surface area contributed by atoms with Crippen LogP contribution in [-0.4, -0.2) is 20.9 Å². The average molecular weight is 411 g/mol. The molecule has 0 aliphatic rings. The zero-order valence-electron chi connectivity index (χ0n) is 16.6. The Hall–Kier alpha value is -4.46. The quantitative estimate of drug-likeness (QED) is 0.414. The number of nitrogens with zero attached hydrogens (tertiary/aromatic N) is 4. The van der Waals surface area contributed by atoms with Gasteiger partial charge in [-0.1, -0.05) is 24.3 Å². The largest absolute Gasteiger partial charge is 0.397 e. The first-order chi connectivity index (χ1) is 15.1. The molecule has 8 heteroatoms. The standard InChI is InChI=1S/C23H21N7O/c24-18-4-1-2-5-20(18)29-22(31)17-8-6-16(7-9-17)15-30(23-27-11-3-12-28-23)21-14-26-13-10-19(21)25/h1-14H,15,24H2,(H2,25,26)(H,29,31). The van der Waals surface area contributed by atoms with Crippen molar-refractivity contribution in [2.24, 2.45) is 0 Å². The second-order valence-corrected chi connectivity index (χ2v) is 6.81. The van der Waals surface area contributed by atoms with E-state index in [2.05, 4.69) is 20.3 Å². The summed E-state index contributed by atoms with van der Waals surface area (Å²) in [6, 6.07) is 17.9. The lowest BCUT2D eigenvalue weighted by molar-refractivity contribution is 0.102. The molecule has 0 aliphatic carbocycles. The van der Waals surface area contributed by atoms with E-state index in [4.69, 9.17) is 11.5 Å². The third-order valence-corrected chi connectivity index (χ3v) is 4.68. The number of anilines is 5. The number of amides is 1. The molecule has 154 valence electrons. The fourth-order valence-electron chi connectivity index (χ4n) is 3.07. The molecule has 4 aromatic rings. The number of hydrogen-bond donors (Lipinski definition) is 3. The highest BCUT2D eigenvalue weighted by molar-refractivity contribution is 6.05. The van der Waals surface area contributed by atoms with Gasteiger partial charge in [0.05, 0.1) is 35.5 Å². The lowest BCUT2D eigenvalue weighted by Gasteiger charge is -2.23. The maximum Gasteiger partial charge on any atom is 0.255 e. The molecule has 5 N–H and O–H groups in total. The van der Waals surface area contributed by atoms with Crippen LogP contribution in [0.15, 0.2) is 85.5 Å². The van der Waals surface area contributed by atoms with E-state index in [9.17, 15) is 4.79 Å². The monoisotopic (exact) mass is 411 g/mol. The van der Waals surface area contributed by atoms with Crippen molar-refractivity contribution in [3.05, 3.63) is 96.6 Å². The number of nitrogen functional groups attached to an aromatic ring is 2. The molecule has 0 bridgehead atoms. The minimum absolute atomic E-state index is 0.232. The van der Waals surface area contributed by atoms with Gasteiger partial charge in [-0.2, -0.15) is 0 Å². The van der Waals surface area contributed by atoms with E-state index in [1.807, 2.05) is 29.2 Å². The molecule has 2 aromatic heterocycles. The van der Waals surface area contributed by atoms with E-state index < -0.39 is 0 Å². The predicted octanol–water partition coefficient (Wildman–Crippen LogP) is 3.63. The Balaban J connectivity index is 1.55. The number of aromatic nitrogens is 3. The smallest absolute Gasteiger partial charge is 0.255 e. The lowest BCUT2D eigenvalue weighted by Crippen LogP contribution is -2.20. The minimum Gasteiger partial charge on any atom is -0.397 e. The zero-order chi connectivity index (χ0) is 21.6. The first-order valence-corrected chi connectivity index (χ1v) is 9.60. The summed E-state index contributed by atoms with van der Waals surface area (Å²) in [5, 5.41) is 2.83. The fourth-order valence-corrected chi connectivity index (χ4v) is 3.07. The van der Waals surface area contributed by atoms with E-state index in [-0.39, 0.29) is 5.91 Å². The molecule has 0 spiro atoms. The van der Waals surface area contributed by atoms with Crippen molar-refractivity contribution in [3.8, 4) is 0 Å². The molecule has 0 fully saturated rings. The molecule has 31 heavy (non-hydrogen) atoms. The first kappa shape index (κ1) is 19.8. The van der Waals surface area contributed by atoms with Gasteiger partial charge in [0.2, 0.25) is 5.95 Å². The van der Waals surface area contributed by atoms with Crippen LogP contribution < -0.4 is 21.7 Å². The van der Waals surface area contributed by atoms with Gasteiger partial charge in [0.25, 0.3) is 5.91 Å². The molecule has 1 amide bonds. The predicted molar refractivity (Wildman–Crippen MR) is 122 cm³/mol. The Morgan fingerprint density at radius 3 is 2.32 bits per heavy atom. The molecule has 0 saturated carbocycles. The van der Waals surface area contributed by atoms with Gasteiger partial charge in [0.15, 0.2) is 0 Å². The van der Waals surface area contributed by atoms with Crippen LogP contribution in [0.4, 0.5) is 28.7 Å². The number of benzene rings is 2. The highest BCUT2D eigenvalue weighted by Gasteiger charge is 2.16. The number of nitrogens with one attached hydrogen (secondary N) is 1. The molecule has 0 atom stereocenters. The molecule has 0 unspecified atom stereocenters. The van der Waals surface area contributed by atoms with Crippen LogP contribution in [0.3, 0.4) is 0 Å². The van der Waals surface area contributed by atoms with Crippen molar-refractivity contribution in [2.45, 2.75) is 6.54 Å². The van der Waals surface area contributed by atoms with E-state index >= 15 is 0 Å². The first-order valence-electron chi connectivity index (χ1n) is 9.60. The van der Waals surface area contributed by atoms with Crippen molar-refractivity contribution in [1.29, 1.82) is 0 Å². The Morgan fingerprint density at radius 1 is 0.871 bits per heavy atom. The summed E-state index contributed by atoms with van der Waals surface area (Å²) in [7, 11) is 0. The number of hydrogen-bond acceptors (Lipinski definition) is 7. The van der Waals surface area contributed by atoms with Gasteiger partial charge in [-0.15, -0.1) is 0 Å². The number of nitrogens with two attached hydrogens (primary N) is 2. The Morgan fingerprint density at radius 2 is 1.61 bits per heavy atom. The van der Waals surface area contributed by atoms with Gasteiger partial charge in [0.1, 0.15) is 0 Å². The SMILES string of the molecule is Nc1ccccc1NC(=O)c1ccc(CN(c2ncccn2)c2cnccc2N)cc1. The van der Waals surface area contributed by atoms with Crippen molar-refractivity contribution >= 4 is 34.6 Å². The van der Waals surface area contributed by atoms with Gasteiger partial charge in [-0.3, -0.25) is 9.78 Å². The Labute approximate surface area is 179 Å². The van der Waals surface area contributed by atoms with Crippen LogP contribution in [0, 0.1) is 0 Å². The van der Waals surface area contributed by atoms with E-state index in [0.717, 1.165) is 5.56 Å². The molecule has 0 radical (unpaired) electrons. The van der Waals surface area contributed by atoms with Crippen LogP contribution in [0.1, 0.15) is 15.9 Å². The van der Waals surface area contributed by atoms with Gasteiger partial charge >= 0.3 is 0 Å². The maximum absolute atomic E-state index is 12.6. The average Bonchev–Trinajstić information content (AvgIpc) is 2.80. The Kier molecular flexibility index (Phi) is 5.70. The summed E-state index contributed by atoms with van der Waals surface area (Å²) in [6.07, 6.45) is 6.66. The molecular formula is C23H21N7O. The van der Waals surface area contributed by atoms with Crippen molar-refractivity contribution in [2.75, 3.05) is 21.7 Å². The molecule has 8 nitrogen and oxygen atoms in total. The summed E-state index contributed by atoms with van der Waals surface area (Å²) in [5.41, 5.74) is 15.9. The summed E-state index contributed by atoms with van der Waals surface area (Å²) < 4.78 is 0. The van der Waals surface area contributed by atoms with Crippen LogP contribution in [0.25, 0.3) is 0 Å². The summed E-state index contributed by atoms with van der Waals surface area (Å²) in [4.78, 5) is 27.3. The Bertz CT molecular complexity index is 1180. The molecular weight excluding hydrogens is 390 g/mol. The van der Waals surface area contributed by atoms with Crippen LogP contribution >= 0.6 is 0 Å². The van der Waals surface area contributed by atoms with Crippen LogP contribution in [0.5, 0.6) is 0 Å². The number of rotatable bonds is 6. The summed E-state index contributed by atoms with van der Waals surface area (Å²) in [5.74, 6) is 0.271. The van der Waals surface area contributed by atoms with Gasteiger partial charge in [0, 0.05) is 24.2 Å². The molecule has 0 saturated heterocycles. The second-order valence-electron chi connectivity index (χ2n) is 6.81. The van der Waals surface area contributed by atoms with Gasteiger partial charge in [-0.05, 0) is 42.0 Å². The normalized spacial score (nSPS) is 10.5. The van der Waals surface area contributed by atoms with Crippen LogP contribution in [0.2, 0.25) is 0 Å². The highest BCUT2D eigenvalue weighted by atomic mass is 16.1. The summed E-state index contributed by atoms with van der Waals surface area (Å²) in [6.45, 7) is 0.452. The number of para-hydroxylation sites is 2. The minimum atomic E-state index is -0.232. The number of carbonyl (C=O) groups excluding carboxylic acids is 1. The van der Waals surface area contributed by atoms with E-state index in [1.54, 1.807) is 61.2 Å². The number of carbonyl (C=O) groups is 1. The van der Waals surface area contributed by atoms with Gasteiger partial charge < -0.3 is 21.7 Å².